The van der Waals surface area contributed by atoms with Gasteiger partial charge in [0.05, 0.1) is 17.1 Å². The fourth-order valence-corrected chi connectivity index (χ4v) is 3.19. The molecule has 102 valence electrons. The minimum atomic E-state index is 0.0984. The molecule has 0 spiro atoms. The molecule has 3 rings (SSSR count). The van der Waals surface area contributed by atoms with Gasteiger partial charge in [-0.25, -0.2) is 4.99 Å². The Labute approximate surface area is 126 Å². The number of allylic oxidation sites excluding steroid dienone is 2. The molecule has 0 fully saturated rings. The van der Waals surface area contributed by atoms with E-state index in [1.165, 1.54) is 0 Å². The average Bonchev–Trinajstić information content (AvgIpc) is 2.76. The zero-order valence-corrected chi connectivity index (χ0v) is 12.8. The van der Waals surface area contributed by atoms with Crippen LogP contribution in [0.3, 0.4) is 0 Å². The number of ketones is 1. The number of carbonyl (C=O) groups excluding carboxylic acids is 1. The second kappa shape index (κ2) is 5.09. The third-order valence-corrected chi connectivity index (χ3v) is 4.39. The van der Waals surface area contributed by atoms with Crippen LogP contribution in [0.5, 0.6) is 0 Å². The number of carbonyl (C=O) groups is 1. The predicted molar refractivity (Wildman–Crippen MR) is 84.2 cm³/mol. The van der Waals surface area contributed by atoms with E-state index in [9.17, 15) is 4.79 Å². The highest BCUT2D eigenvalue weighted by Gasteiger charge is 2.29. The quantitative estimate of drug-likeness (QED) is 0.867. The summed E-state index contributed by atoms with van der Waals surface area (Å²) in [5, 5.41) is 8.33. The van der Waals surface area contributed by atoms with Crippen LogP contribution in [0.4, 0.5) is 5.69 Å². The summed E-state index contributed by atoms with van der Waals surface area (Å²) in [5.41, 5.74) is 3.91. The van der Waals surface area contributed by atoms with Crippen molar-refractivity contribution >= 4 is 38.8 Å². The number of rotatable bonds is 2. The molecule has 0 aromatic heterocycles. The summed E-state index contributed by atoms with van der Waals surface area (Å²) < 4.78 is 0.959. The van der Waals surface area contributed by atoms with Crippen molar-refractivity contribution in [3.8, 4) is 0 Å². The molecule has 0 unspecified atom stereocenters. The van der Waals surface area contributed by atoms with Crippen molar-refractivity contribution in [3.05, 3.63) is 39.9 Å². The largest absolute Gasteiger partial charge is 0.298 e. The number of halogens is 1. The van der Waals surface area contributed by atoms with Gasteiger partial charge in [0.25, 0.3) is 0 Å². The highest BCUT2D eigenvalue weighted by Crippen LogP contribution is 2.34. The second-order valence-corrected chi connectivity index (χ2v) is 6.20. The van der Waals surface area contributed by atoms with Crippen LogP contribution in [0.2, 0.25) is 0 Å². The van der Waals surface area contributed by atoms with Crippen LogP contribution >= 0.6 is 15.9 Å². The lowest BCUT2D eigenvalue weighted by Gasteiger charge is -2.20. The van der Waals surface area contributed by atoms with Crippen LogP contribution < -0.4 is 0 Å². The molecule has 0 amide bonds. The highest BCUT2D eigenvalue weighted by molar-refractivity contribution is 9.10. The summed E-state index contributed by atoms with van der Waals surface area (Å²) in [7, 11) is 0. The van der Waals surface area contributed by atoms with E-state index < -0.39 is 0 Å². The van der Waals surface area contributed by atoms with Gasteiger partial charge in [-0.15, -0.1) is 0 Å². The normalized spacial score (nSPS) is 21.3. The van der Waals surface area contributed by atoms with Crippen LogP contribution in [-0.2, 0) is 4.79 Å². The lowest BCUT2D eigenvalue weighted by Crippen LogP contribution is -2.23. The predicted octanol–water partition coefficient (Wildman–Crippen LogP) is 4.22. The van der Waals surface area contributed by atoms with Gasteiger partial charge < -0.3 is 0 Å². The first-order valence-corrected chi connectivity index (χ1v) is 7.54. The highest BCUT2D eigenvalue weighted by atomic mass is 79.9. The molecule has 1 atom stereocenters. The van der Waals surface area contributed by atoms with Gasteiger partial charge in [0, 0.05) is 16.0 Å². The molecule has 1 heterocycles. The van der Waals surface area contributed by atoms with Gasteiger partial charge in [-0.05, 0) is 50.0 Å². The number of nitrogens with zero attached hydrogens (tertiary/aromatic N) is 1. The molecule has 0 saturated carbocycles. The van der Waals surface area contributed by atoms with Crippen molar-refractivity contribution < 1.29 is 4.79 Å². The van der Waals surface area contributed by atoms with E-state index in [1.54, 1.807) is 6.92 Å². The number of hydrogen-bond acceptors (Lipinski definition) is 3. The molecule has 0 radical (unpaired) electrons. The number of Topliss-reactive ketones (excluding diaryl/α,β-unsaturated/α-hetero) is 1. The van der Waals surface area contributed by atoms with Crippen LogP contribution in [0.15, 0.2) is 39.3 Å². The summed E-state index contributed by atoms with van der Waals surface area (Å²) in [4.78, 5) is 16.1. The molecule has 20 heavy (non-hydrogen) atoms. The van der Waals surface area contributed by atoms with E-state index in [4.69, 9.17) is 5.41 Å². The van der Waals surface area contributed by atoms with Gasteiger partial charge in [-0.1, -0.05) is 22.0 Å². The van der Waals surface area contributed by atoms with Crippen molar-refractivity contribution in [1.82, 2.24) is 0 Å². The smallest absolute Gasteiger partial charge is 0.155 e. The molecule has 1 aliphatic heterocycles. The van der Waals surface area contributed by atoms with Crippen LogP contribution in [0.1, 0.15) is 31.7 Å². The zero-order chi connectivity index (χ0) is 14.3. The Hall–Kier alpha value is -1.55. The van der Waals surface area contributed by atoms with Gasteiger partial charge in [0.2, 0.25) is 0 Å². The van der Waals surface area contributed by atoms with E-state index in [-0.39, 0.29) is 11.7 Å². The van der Waals surface area contributed by atoms with E-state index in [2.05, 4.69) is 20.9 Å². The minimum Gasteiger partial charge on any atom is -0.298 e. The minimum absolute atomic E-state index is 0.0984. The lowest BCUT2D eigenvalue weighted by atomic mass is 9.84. The first-order valence-electron chi connectivity index (χ1n) is 6.75. The second-order valence-electron chi connectivity index (χ2n) is 5.28. The first-order chi connectivity index (χ1) is 9.56. The van der Waals surface area contributed by atoms with Crippen molar-refractivity contribution in [3.63, 3.8) is 0 Å². The van der Waals surface area contributed by atoms with Crippen LogP contribution in [-0.4, -0.2) is 17.2 Å². The summed E-state index contributed by atoms with van der Waals surface area (Å²) in [6, 6.07) is 5.81. The van der Waals surface area contributed by atoms with E-state index in [0.29, 0.717) is 5.71 Å². The van der Waals surface area contributed by atoms with Crippen LogP contribution in [0, 0.1) is 11.3 Å². The molecule has 0 saturated heterocycles. The van der Waals surface area contributed by atoms with Crippen molar-refractivity contribution in [2.45, 2.75) is 26.2 Å². The Kier molecular flexibility index (Phi) is 3.42. The Morgan fingerprint density at radius 3 is 3.00 bits per heavy atom. The number of fused-ring (bicyclic) bond motifs is 1. The van der Waals surface area contributed by atoms with Crippen molar-refractivity contribution in [2.24, 2.45) is 10.9 Å². The van der Waals surface area contributed by atoms with E-state index >= 15 is 0 Å². The third-order valence-electron chi connectivity index (χ3n) is 3.89. The summed E-state index contributed by atoms with van der Waals surface area (Å²) in [6.07, 6.45) is 4.82. The maximum atomic E-state index is 11.5. The molecule has 0 bridgehead atoms. The van der Waals surface area contributed by atoms with Gasteiger partial charge in [-0.3, -0.25) is 10.2 Å². The van der Waals surface area contributed by atoms with Gasteiger partial charge in [0.15, 0.2) is 5.78 Å². The van der Waals surface area contributed by atoms with Crippen LogP contribution in [0.25, 0.3) is 0 Å². The molecular formula is C16H15BrN2O. The fraction of sp³-hybridized carbons (Fsp3) is 0.312. The molecule has 3 nitrogen and oxygen atoms in total. The topological polar surface area (TPSA) is 53.3 Å². The summed E-state index contributed by atoms with van der Waals surface area (Å²) >= 11 is 3.43. The number of nitrogens with one attached hydrogen (secondary N) is 1. The Morgan fingerprint density at radius 1 is 1.45 bits per heavy atom. The standard InChI is InChI=1S/C16H15BrN2O/c1-9(20)10-3-2-4-11(7-10)16-15(18)13-8-12(17)5-6-14(13)19-16/h5-8,11,18H,2-4H2,1H3/t11-/m1/s1. The Morgan fingerprint density at radius 2 is 2.25 bits per heavy atom. The third kappa shape index (κ3) is 2.29. The fourth-order valence-electron chi connectivity index (χ4n) is 2.83. The van der Waals surface area contributed by atoms with E-state index in [0.717, 1.165) is 46.3 Å². The number of benzene rings is 1. The summed E-state index contributed by atoms with van der Waals surface area (Å²) in [5.74, 6) is 0.237. The Bertz CT molecular complexity index is 673. The molecule has 2 aliphatic rings. The van der Waals surface area contributed by atoms with Gasteiger partial charge >= 0.3 is 0 Å². The number of aliphatic imine (C=N–C) groups is 1. The first kappa shape index (κ1) is 13.4. The van der Waals surface area contributed by atoms with Gasteiger partial charge in [0.1, 0.15) is 0 Å². The summed E-state index contributed by atoms with van der Waals surface area (Å²) in [6.45, 7) is 1.61. The maximum Gasteiger partial charge on any atom is 0.155 e. The van der Waals surface area contributed by atoms with Crippen molar-refractivity contribution in [2.75, 3.05) is 0 Å². The molecule has 1 aliphatic carbocycles. The molecule has 1 aromatic carbocycles. The zero-order valence-electron chi connectivity index (χ0n) is 11.2. The lowest BCUT2D eigenvalue weighted by molar-refractivity contribution is -0.113. The molecule has 4 heteroatoms. The SMILES string of the molecule is CC(=O)C1=C[C@H](C2=Nc3ccc(Br)cc3C2=N)CCC1. The molecule has 1 N–H and O–H groups in total. The maximum absolute atomic E-state index is 11.5. The van der Waals surface area contributed by atoms with Gasteiger partial charge in [-0.2, -0.15) is 0 Å². The molecular weight excluding hydrogens is 316 g/mol. The monoisotopic (exact) mass is 330 g/mol. The Balaban J connectivity index is 1.96. The average molecular weight is 331 g/mol. The molecule has 1 aromatic rings. The number of hydrogen-bond donors (Lipinski definition) is 1. The van der Waals surface area contributed by atoms with Crippen molar-refractivity contribution in [1.29, 1.82) is 5.41 Å². The van der Waals surface area contributed by atoms with E-state index in [1.807, 2.05) is 24.3 Å².